The van der Waals surface area contributed by atoms with Crippen LogP contribution in [0, 0.1) is 0 Å². The van der Waals surface area contributed by atoms with E-state index in [0.29, 0.717) is 19.6 Å². The largest absolute Gasteiger partial charge is 0.486 e. The predicted molar refractivity (Wildman–Crippen MR) is 78.4 cm³/mol. The number of amides is 1. The summed E-state index contributed by atoms with van der Waals surface area (Å²) in [5, 5.41) is 2.99. The average molecular weight is 277 g/mol. The Labute approximate surface area is 120 Å². The van der Waals surface area contributed by atoms with Crippen LogP contribution in [0.5, 0.6) is 11.5 Å². The Bertz CT molecular complexity index is 491. The highest BCUT2D eigenvalue weighted by molar-refractivity contribution is 5.77. The van der Waals surface area contributed by atoms with Gasteiger partial charge in [-0.1, -0.05) is 13.0 Å². The molecule has 1 aliphatic rings. The molecule has 2 rings (SSSR count). The second kappa shape index (κ2) is 5.73. The topological polar surface area (TPSA) is 47.6 Å². The van der Waals surface area contributed by atoms with E-state index in [1.807, 2.05) is 45.9 Å². The molecule has 20 heavy (non-hydrogen) atoms. The third-order valence-corrected chi connectivity index (χ3v) is 3.14. The number of nitrogens with one attached hydrogen (secondary N) is 1. The SMILES string of the molecule is CC(CC(=O)NC(C)(C)C)c1ccc2c(c1)OCCO2. The molecule has 1 amide bonds. The van der Waals surface area contributed by atoms with E-state index in [2.05, 4.69) is 5.32 Å². The molecule has 1 aromatic carbocycles. The fourth-order valence-corrected chi connectivity index (χ4v) is 2.23. The van der Waals surface area contributed by atoms with E-state index in [1.165, 1.54) is 0 Å². The van der Waals surface area contributed by atoms with Crippen molar-refractivity contribution in [1.29, 1.82) is 0 Å². The van der Waals surface area contributed by atoms with Crippen LogP contribution in [0.1, 0.15) is 45.6 Å². The summed E-state index contributed by atoms with van der Waals surface area (Å²) in [6.45, 7) is 9.18. The van der Waals surface area contributed by atoms with Gasteiger partial charge >= 0.3 is 0 Å². The minimum absolute atomic E-state index is 0.0693. The maximum atomic E-state index is 12.0. The van der Waals surface area contributed by atoms with Crippen molar-refractivity contribution in [2.45, 2.75) is 45.6 Å². The molecule has 110 valence electrons. The van der Waals surface area contributed by atoms with Gasteiger partial charge in [-0.3, -0.25) is 4.79 Å². The maximum absolute atomic E-state index is 12.0. The average Bonchev–Trinajstić information content (AvgIpc) is 2.35. The zero-order chi connectivity index (χ0) is 14.8. The predicted octanol–water partition coefficient (Wildman–Crippen LogP) is 2.87. The number of fused-ring (bicyclic) bond motifs is 1. The summed E-state index contributed by atoms with van der Waals surface area (Å²) in [5.74, 6) is 1.77. The maximum Gasteiger partial charge on any atom is 0.220 e. The molecule has 1 aromatic rings. The van der Waals surface area contributed by atoms with Gasteiger partial charge in [-0.25, -0.2) is 0 Å². The van der Waals surface area contributed by atoms with Gasteiger partial charge in [0.05, 0.1) is 0 Å². The van der Waals surface area contributed by atoms with Gasteiger partial charge in [0.25, 0.3) is 0 Å². The van der Waals surface area contributed by atoms with E-state index >= 15 is 0 Å². The van der Waals surface area contributed by atoms with Crippen molar-refractivity contribution in [3.63, 3.8) is 0 Å². The smallest absolute Gasteiger partial charge is 0.220 e. The van der Waals surface area contributed by atoms with Crippen LogP contribution in [-0.4, -0.2) is 24.7 Å². The van der Waals surface area contributed by atoms with Gasteiger partial charge in [0.2, 0.25) is 5.91 Å². The van der Waals surface area contributed by atoms with Crippen LogP contribution in [0.2, 0.25) is 0 Å². The van der Waals surface area contributed by atoms with Crippen molar-refractivity contribution in [1.82, 2.24) is 5.32 Å². The van der Waals surface area contributed by atoms with Crippen LogP contribution < -0.4 is 14.8 Å². The number of hydrogen-bond donors (Lipinski definition) is 1. The first-order valence-corrected chi connectivity index (χ1v) is 7.06. The molecule has 0 bridgehead atoms. The van der Waals surface area contributed by atoms with E-state index in [0.717, 1.165) is 17.1 Å². The summed E-state index contributed by atoms with van der Waals surface area (Å²) in [6, 6.07) is 5.90. The molecule has 4 nitrogen and oxygen atoms in total. The Morgan fingerprint density at radius 2 is 1.90 bits per heavy atom. The van der Waals surface area contributed by atoms with Gasteiger partial charge < -0.3 is 14.8 Å². The van der Waals surface area contributed by atoms with Crippen LogP contribution in [0.15, 0.2) is 18.2 Å². The molecule has 1 atom stereocenters. The monoisotopic (exact) mass is 277 g/mol. The third-order valence-electron chi connectivity index (χ3n) is 3.14. The molecule has 0 fully saturated rings. The Hall–Kier alpha value is -1.71. The zero-order valence-electron chi connectivity index (χ0n) is 12.7. The lowest BCUT2D eigenvalue weighted by molar-refractivity contribution is -0.122. The molecule has 0 aromatic heterocycles. The fraction of sp³-hybridized carbons (Fsp3) is 0.562. The van der Waals surface area contributed by atoms with E-state index in [9.17, 15) is 4.79 Å². The lowest BCUT2D eigenvalue weighted by Gasteiger charge is -2.23. The molecule has 0 saturated heterocycles. The number of rotatable bonds is 3. The summed E-state index contributed by atoms with van der Waals surface area (Å²) in [7, 11) is 0. The van der Waals surface area contributed by atoms with Crippen LogP contribution in [-0.2, 0) is 4.79 Å². The van der Waals surface area contributed by atoms with Crippen LogP contribution in [0.4, 0.5) is 0 Å². The molecule has 1 aliphatic heterocycles. The Morgan fingerprint density at radius 3 is 2.55 bits per heavy atom. The molecule has 1 N–H and O–H groups in total. The van der Waals surface area contributed by atoms with Crippen molar-refractivity contribution in [3.05, 3.63) is 23.8 Å². The first-order chi connectivity index (χ1) is 9.35. The van der Waals surface area contributed by atoms with Gasteiger partial charge in [-0.15, -0.1) is 0 Å². The molecule has 0 aliphatic carbocycles. The van der Waals surface area contributed by atoms with E-state index in [-0.39, 0.29) is 17.4 Å². The summed E-state index contributed by atoms with van der Waals surface area (Å²) in [4.78, 5) is 12.0. The molecule has 1 heterocycles. The molecule has 0 saturated carbocycles. The van der Waals surface area contributed by atoms with Gasteiger partial charge in [0.1, 0.15) is 13.2 Å². The summed E-state index contributed by atoms with van der Waals surface area (Å²) < 4.78 is 11.1. The van der Waals surface area contributed by atoms with Crippen molar-refractivity contribution in [3.8, 4) is 11.5 Å². The molecule has 0 spiro atoms. The summed E-state index contributed by atoms with van der Waals surface area (Å²) >= 11 is 0. The highest BCUT2D eigenvalue weighted by atomic mass is 16.6. The first-order valence-electron chi connectivity index (χ1n) is 7.06. The lowest BCUT2D eigenvalue weighted by Crippen LogP contribution is -2.40. The summed E-state index contributed by atoms with van der Waals surface area (Å²) in [5.41, 5.74) is 0.905. The van der Waals surface area contributed by atoms with Crippen molar-refractivity contribution in [2.75, 3.05) is 13.2 Å². The fourth-order valence-electron chi connectivity index (χ4n) is 2.23. The van der Waals surface area contributed by atoms with Crippen LogP contribution in [0.3, 0.4) is 0 Å². The lowest BCUT2D eigenvalue weighted by atomic mass is 9.96. The number of carbonyl (C=O) groups excluding carboxylic acids is 1. The number of benzene rings is 1. The minimum Gasteiger partial charge on any atom is -0.486 e. The molecule has 4 heteroatoms. The minimum atomic E-state index is -0.191. The highest BCUT2D eigenvalue weighted by Gasteiger charge is 2.19. The third kappa shape index (κ3) is 3.89. The van der Waals surface area contributed by atoms with Crippen molar-refractivity contribution < 1.29 is 14.3 Å². The number of hydrogen-bond acceptors (Lipinski definition) is 3. The first kappa shape index (κ1) is 14.7. The van der Waals surface area contributed by atoms with E-state index < -0.39 is 0 Å². The second-order valence-corrected chi connectivity index (χ2v) is 6.31. The Kier molecular flexibility index (Phi) is 4.21. The van der Waals surface area contributed by atoms with Gasteiger partial charge in [0, 0.05) is 12.0 Å². The van der Waals surface area contributed by atoms with E-state index in [1.54, 1.807) is 0 Å². The van der Waals surface area contributed by atoms with Crippen LogP contribution in [0.25, 0.3) is 0 Å². The Balaban J connectivity index is 2.02. The molecule has 1 unspecified atom stereocenters. The second-order valence-electron chi connectivity index (χ2n) is 6.31. The Morgan fingerprint density at radius 1 is 1.25 bits per heavy atom. The summed E-state index contributed by atoms with van der Waals surface area (Å²) in [6.07, 6.45) is 0.469. The number of carbonyl (C=O) groups is 1. The molecular weight excluding hydrogens is 254 g/mol. The van der Waals surface area contributed by atoms with Crippen molar-refractivity contribution in [2.24, 2.45) is 0 Å². The van der Waals surface area contributed by atoms with Gasteiger partial charge in [-0.05, 0) is 44.4 Å². The molecule has 0 radical (unpaired) electrons. The van der Waals surface area contributed by atoms with Crippen molar-refractivity contribution >= 4 is 5.91 Å². The molecular formula is C16H23NO3. The van der Waals surface area contributed by atoms with Gasteiger partial charge in [-0.2, -0.15) is 0 Å². The van der Waals surface area contributed by atoms with Gasteiger partial charge in [0.15, 0.2) is 11.5 Å². The highest BCUT2D eigenvalue weighted by Crippen LogP contribution is 2.33. The van der Waals surface area contributed by atoms with Crippen LogP contribution >= 0.6 is 0 Å². The quantitative estimate of drug-likeness (QED) is 0.924. The zero-order valence-corrected chi connectivity index (χ0v) is 12.7. The normalized spacial score (nSPS) is 15.6. The standard InChI is InChI=1S/C16H23NO3/c1-11(9-15(18)17-16(2,3)4)12-5-6-13-14(10-12)20-8-7-19-13/h5-6,10-11H,7-9H2,1-4H3,(H,17,18). The van der Waals surface area contributed by atoms with E-state index in [4.69, 9.17) is 9.47 Å². The number of ether oxygens (including phenoxy) is 2.